The number of furan rings is 2. The van der Waals surface area contributed by atoms with Crippen molar-refractivity contribution in [3.63, 3.8) is 0 Å². The van der Waals surface area contributed by atoms with Gasteiger partial charge in [0.1, 0.15) is 16.7 Å². The Labute approximate surface area is 366 Å². The fourth-order valence-electron chi connectivity index (χ4n) is 9.94. The van der Waals surface area contributed by atoms with Crippen molar-refractivity contribution in [2.45, 2.75) is 78.6 Å². The summed E-state index contributed by atoms with van der Waals surface area (Å²) >= 11 is 1.85. The Morgan fingerprint density at radius 2 is 1.19 bits per heavy atom. The van der Waals surface area contributed by atoms with Crippen molar-refractivity contribution in [2.24, 2.45) is 0 Å². The predicted octanol–water partition coefficient (Wildman–Crippen LogP) is 15.1. The molecule has 1 aliphatic heterocycles. The lowest BCUT2D eigenvalue weighted by Crippen LogP contribution is -2.36. The highest BCUT2D eigenvalue weighted by atomic mass is 32.1. The Morgan fingerprint density at radius 3 is 1.94 bits per heavy atom. The van der Waals surface area contributed by atoms with Gasteiger partial charge in [0.2, 0.25) is 7.28 Å². The maximum atomic E-state index is 7.20. The van der Waals surface area contributed by atoms with Crippen LogP contribution >= 0.6 is 11.3 Å². The minimum absolute atomic E-state index is 0.0289. The number of thiophene rings is 1. The topological polar surface area (TPSA) is 43.2 Å². The average Bonchev–Trinajstić information content (AvgIpc) is 3.99. The summed E-state index contributed by atoms with van der Waals surface area (Å²) in [6.07, 6.45) is 0. The molecule has 4 aromatic heterocycles. The molecule has 4 nitrogen and oxygen atoms in total. The highest BCUT2D eigenvalue weighted by molar-refractivity contribution is 7.25. The SMILES string of the molecule is CC(C)(C)c1ccc(Nc2cc3sc4ccccc4c3cc2-c2c3c4c(c5cc(C(C)(C)C)ccc5n4-c4c(oc5ccc(C(C)(C)C)cc45)[B]3)c3oc4ccccc4c23)cc1. The maximum absolute atomic E-state index is 7.20. The molecule has 6 heteroatoms. The number of anilines is 2. The van der Waals surface area contributed by atoms with E-state index in [9.17, 15) is 0 Å². The first-order valence-corrected chi connectivity index (χ1v) is 22.6. The van der Waals surface area contributed by atoms with Gasteiger partial charge in [-0.3, -0.25) is 0 Å². The largest absolute Gasteiger partial charge is 0.469 e. The Morgan fingerprint density at radius 1 is 0.548 bits per heavy atom. The first-order valence-electron chi connectivity index (χ1n) is 21.8. The van der Waals surface area contributed by atoms with Gasteiger partial charge < -0.3 is 18.7 Å². The van der Waals surface area contributed by atoms with E-state index in [0.717, 1.165) is 88.6 Å². The van der Waals surface area contributed by atoms with E-state index in [4.69, 9.17) is 8.83 Å². The zero-order valence-corrected chi connectivity index (χ0v) is 37.6. The Bertz CT molecular complexity index is 3690. The minimum Gasteiger partial charge on any atom is -0.469 e. The van der Waals surface area contributed by atoms with Crippen molar-refractivity contribution in [1.29, 1.82) is 0 Å². The molecule has 303 valence electrons. The average molecular weight is 824 g/mol. The van der Waals surface area contributed by atoms with E-state index in [1.54, 1.807) is 0 Å². The second kappa shape index (κ2) is 12.7. The molecule has 0 aliphatic carbocycles. The van der Waals surface area contributed by atoms with Gasteiger partial charge in [-0.25, -0.2) is 0 Å². The smallest absolute Gasteiger partial charge is 0.247 e. The third kappa shape index (κ3) is 5.45. The van der Waals surface area contributed by atoms with Gasteiger partial charge in [0.15, 0.2) is 0 Å². The van der Waals surface area contributed by atoms with Crippen LogP contribution in [0.1, 0.15) is 79.0 Å². The number of hydrogen-bond acceptors (Lipinski definition) is 4. The molecule has 1 radical (unpaired) electrons. The molecule has 1 N–H and O–H groups in total. The molecule has 7 aromatic carbocycles. The highest BCUT2D eigenvalue weighted by Gasteiger charge is 2.35. The molecule has 12 rings (SSSR count). The maximum Gasteiger partial charge on any atom is 0.247 e. The number of hydrogen-bond donors (Lipinski definition) is 1. The summed E-state index contributed by atoms with van der Waals surface area (Å²) in [6.45, 7) is 20.5. The van der Waals surface area contributed by atoms with E-state index in [2.05, 4.69) is 201 Å². The lowest BCUT2D eigenvalue weighted by molar-refractivity contribution is 0.590. The number of nitrogens with zero attached hydrogens (tertiary/aromatic N) is 1. The van der Waals surface area contributed by atoms with Crippen LogP contribution in [0.4, 0.5) is 11.4 Å². The Kier molecular flexibility index (Phi) is 7.67. The molecule has 5 heterocycles. The van der Waals surface area contributed by atoms with Gasteiger partial charge in [-0.15, -0.1) is 11.3 Å². The number of aromatic nitrogens is 1. The molecule has 0 amide bonds. The van der Waals surface area contributed by atoms with Gasteiger partial charge in [-0.2, -0.15) is 0 Å². The molecule has 62 heavy (non-hydrogen) atoms. The van der Waals surface area contributed by atoms with Crippen LogP contribution in [-0.4, -0.2) is 11.8 Å². The van der Waals surface area contributed by atoms with Crippen molar-refractivity contribution in [3.8, 4) is 16.8 Å². The van der Waals surface area contributed by atoms with Crippen LogP contribution < -0.4 is 16.4 Å². The van der Waals surface area contributed by atoms with E-state index >= 15 is 0 Å². The van der Waals surface area contributed by atoms with Gasteiger partial charge >= 0.3 is 0 Å². The number of nitrogens with one attached hydrogen (secondary N) is 1. The number of benzene rings is 7. The number of fused-ring (bicyclic) bond motifs is 14. The van der Waals surface area contributed by atoms with E-state index < -0.39 is 0 Å². The molecular weight excluding hydrogens is 776 g/mol. The van der Waals surface area contributed by atoms with Crippen LogP contribution in [0, 0.1) is 0 Å². The summed E-state index contributed by atoms with van der Waals surface area (Å²) in [4.78, 5) is 0. The van der Waals surface area contributed by atoms with Crippen molar-refractivity contribution in [3.05, 3.63) is 138 Å². The zero-order chi connectivity index (χ0) is 42.6. The summed E-state index contributed by atoms with van der Waals surface area (Å²) in [5, 5.41) is 12.1. The summed E-state index contributed by atoms with van der Waals surface area (Å²) in [6, 6.07) is 44.9. The van der Waals surface area contributed by atoms with Crippen molar-refractivity contribution < 1.29 is 8.83 Å². The summed E-state index contributed by atoms with van der Waals surface area (Å²) in [5.41, 5.74) is 16.2. The minimum atomic E-state index is -0.0514. The quantitative estimate of drug-likeness (QED) is 0.181. The molecular formula is C56H48BN2O2S. The second-order valence-corrected chi connectivity index (χ2v) is 21.6. The Balaban J connectivity index is 1.26. The van der Waals surface area contributed by atoms with Crippen molar-refractivity contribution >= 4 is 116 Å². The standard InChI is InChI=1S/C56H48BN2O2S/c1-54(2,3)30-18-22-33(23-19-30)58-40-29-45-36(34-14-11-13-17-44(34)62-45)28-37(40)46-47-35-15-10-12-16-42(35)60-52(47)48-38-26-31(55(4,5)6)20-24-41(38)59-50-39-27-32(56(7,8)9)21-25-43(39)61-53(50)57-49(46)51(48)59/h10-29,58H,1-9H3. The third-order valence-corrected chi connectivity index (χ3v) is 14.4. The molecule has 0 spiro atoms. The summed E-state index contributed by atoms with van der Waals surface area (Å²) in [5.74, 6) is 0. The first kappa shape index (κ1) is 37.5. The van der Waals surface area contributed by atoms with Gasteiger partial charge in [0.25, 0.3) is 0 Å². The van der Waals surface area contributed by atoms with E-state index in [1.807, 2.05) is 11.3 Å². The molecule has 0 bridgehead atoms. The summed E-state index contributed by atoms with van der Waals surface area (Å²) in [7, 11) is 2.33. The van der Waals surface area contributed by atoms with Gasteiger partial charge in [0.05, 0.1) is 27.8 Å². The molecule has 0 atom stereocenters. The predicted molar refractivity (Wildman–Crippen MR) is 267 cm³/mol. The normalized spacial score (nSPS) is 13.4. The first-order chi connectivity index (χ1) is 29.6. The fourth-order valence-corrected chi connectivity index (χ4v) is 11.1. The van der Waals surface area contributed by atoms with Crippen molar-refractivity contribution in [1.82, 2.24) is 4.57 Å². The third-order valence-electron chi connectivity index (χ3n) is 13.3. The van der Waals surface area contributed by atoms with E-state index in [0.29, 0.717) is 0 Å². The molecule has 0 fully saturated rings. The lowest BCUT2D eigenvalue weighted by Gasteiger charge is -2.23. The molecule has 0 saturated heterocycles. The monoisotopic (exact) mass is 823 g/mol. The van der Waals surface area contributed by atoms with Gasteiger partial charge in [-0.05, 0) is 105 Å². The van der Waals surface area contributed by atoms with Crippen molar-refractivity contribution in [2.75, 3.05) is 5.32 Å². The molecule has 1 aliphatic rings. The molecule has 0 unspecified atom stereocenters. The van der Waals surface area contributed by atoms with Crippen LogP contribution in [-0.2, 0) is 16.2 Å². The second-order valence-electron chi connectivity index (χ2n) is 20.5. The Hall–Kier alpha value is -6.24. The summed E-state index contributed by atoms with van der Waals surface area (Å²) < 4.78 is 19.2. The van der Waals surface area contributed by atoms with E-state index in [1.165, 1.54) is 42.2 Å². The zero-order valence-electron chi connectivity index (χ0n) is 36.8. The number of para-hydroxylation sites is 1. The van der Waals surface area contributed by atoms with Crippen LogP contribution in [0.2, 0.25) is 0 Å². The lowest BCUT2D eigenvalue weighted by atomic mass is 9.61. The van der Waals surface area contributed by atoms with Gasteiger partial charge in [0, 0.05) is 58.7 Å². The van der Waals surface area contributed by atoms with Crippen LogP contribution in [0.5, 0.6) is 0 Å². The van der Waals surface area contributed by atoms with Crippen LogP contribution in [0.15, 0.2) is 130 Å². The van der Waals surface area contributed by atoms with Crippen LogP contribution in [0.25, 0.3) is 91.7 Å². The highest BCUT2D eigenvalue weighted by Crippen LogP contribution is 2.50. The number of rotatable bonds is 3. The molecule has 0 saturated carbocycles. The molecule has 11 aromatic rings. The van der Waals surface area contributed by atoms with Gasteiger partial charge in [-0.1, -0.05) is 123 Å². The van der Waals surface area contributed by atoms with E-state index in [-0.39, 0.29) is 16.2 Å². The fraction of sp³-hybridized carbons (Fsp3) is 0.214. The van der Waals surface area contributed by atoms with Crippen LogP contribution in [0.3, 0.4) is 0 Å².